The highest BCUT2D eigenvalue weighted by Crippen LogP contribution is 2.32. The van der Waals surface area contributed by atoms with Crippen LogP contribution in [0, 0.1) is 5.92 Å². The monoisotopic (exact) mass is 458 g/mol. The van der Waals surface area contributed by atoms with Gasteiger partial charge < -0.3 is 10.1 Å². The highest BCUT2D eigenvalue weighted by Gasteiger charge is 2.35. The van der Waals surface area contributed by atoms with Gasteiger partial charge in [0.2, 0.25) is 15.9 Å². The molecule has 162 valence electrons. The van der Waals surface area contributed by atoms with E-state index in [0.717, 1.165) is 16.5 Å². The van der Waals surface area contributed by atoms with Gasteiger partial charge in [-0.15, -0.1) is 0 Å². The number of hydrogen-bond acceptors (Lipinski definition) is 4. The number of nitrogens with one attached hydrogen (secondary N) is 1. The van der Waals surface area contributed by atoms with Gasteiger partial charge in [-0.1, -0.05) is 48.0 Å². The first-order valence-corrected chi connectivity index (χ1v) is 11.8. The largest absolute Gasteiger partial charge is 0.495 e. The molecule has 1 amide bonds. The van der Waals surface area contributed by atoms with Crippen LogP contribution in [0.4, 0.5) is 5.69 Å². The first-order valence-electron chi connectivity index (χ1n) is 10.0. The van der Waals surface area contributed by atoms with Crippen molar-refractivity contribution < 1.29 is 17.9 Å². The predicted molar refractivity (Wildman–Crippen MR) is 122 cm³/mol. The number of sulfonamides is 1. The zero-order valence-corrected chi connectivity index (χ0v) is 18.6. The van der Waals surface area contributed by atoms with Crippen molar-refractivity contribution >= 4 is 44.0 Å². The van der Waals surface area contributed by atoms with Crippen LogP contribution in [-0.2, 0) is 14.8 Å². The van der Waals surface area contributed by atoms with Gasteiger partial charge in [-0.05, 0) is 42.5 Å². The molecule has 1 aliphatic rings. The molecule has 3 aromatic rings. The number of nitrogens with zero attached hydrogens (tertiary/aromatic N) is 1. The minimum atomic E-state index is -3.86. The highest BCUT2D eigenvalue weighted by atomic mass is 35.5. The van der Waals surface area contributed by atoms with E-state index in [1.807, 2.05) is 42.5 Å². The summed E-state index contributed by atoms with van der Waals surface area (Å²) in [6.45, 7) is 0.449. The summed E-state index contributed by atoms with van der Waals surface area (Å²) < 4.78 is 33.1. The number of carbonyl (C=O) groups excluding carboxylic acids is 1. The zero-order valence-electron chi connectivity index (χ0n) is 17.0. The van der Waals surface area contributed by atoms with E-state index in [4.69, 9.17) is 16.3 Å². The summed E-state index contributed by atoms with van der Waals surface area (Å²) in [7, 11) is -2.44. The van der Waals surface area contributed by atoms with E-state index in [2.05, 4.69) is 5.32 Å². The summed E-state index contributed by atoms with van der Waals surface area (Å²) in [5.41, 5.74) is 0.722. The van der Waals surface area contributed by atoms with Crippen molar-refractivity contribution in [2.75, 3.05) is 25.5 Å². The van der Waals surface area contributed by atoms with Gasteiger partial charge in [0.15, 0.2) is 0 Å². The van der Waals surface area contributed by atoms with Crippen LogP contribution in [0.15, 0.2) is 65.6 Å². The van der Waals surface area contributed by atoms with E-state index in [1.54, 1.807) is 6.07 Å². The molecule has 0 saturated carbocycles. The number of ether oxygens (including phenoxy) is 1. The van der Waals surface area contributed by atoms with Gasteiger partial charge in [-0.2, -0.15) is 4.31 Å². The minimum Gasteiger partial charge on any atom is -0.495 e. The Balaban J connectivity index is 1.56. The van der Waals surface area contributed by atoms with Crippen LogP contribution in [-0.4, -0.2) is 38.8 Å². The molecule has 1 heterocycles. The van der Waals surface area contributed by atoms with Crippen molar-refractivity contribution in [3.63, 3.8) is 0 Å². The van der Waals surface area contributed by atoms with E-state index >= 15 is 0 Å². The van der Waals surface area contributed by atoms with Crippen LogP contribution in [0.3, 0.4) is 0 Å². The molecule has 8 heteroatoms. The molecule has 1 saturated heterocycles. The maximum atomic E-state index is 13.3. The number of hydrogen-bond donors (Lipinski definition) is 1. The van der Waals surface area contributed by atoms with E-state index in [0.29, 0.717) is 24.4 Å². The van der Waals surface area contributed by atoms with Crippen molar-refractivity contribution in [2.24, 2.45) is 5.92 Å². The van der Waals surface area contributed by atoms with Crippen molar-refractivity contribution in [1.29, 1.82) is 0 Å². The molecule has 4 rings (SSSR count). The number of carbonyl (C=O) groups is 1. The third-order valence-corrected chi connectivity index (χ3v) is 7.67. The Morgan fingerprint density at radius 2 is 1.90 bits per heavy atom. The molecule has 0 radical (unpaired) electrons. The van der Waals surface area contributed by atoms with Crippen molar-refractivity contribution in [1.82, 2.24) is 4.31 Å². The average molecular weight is 459 g/mol. The van der Waals surface area contributed by atoms with Crippen LogP contribution in [0.1, 0.15) is 12.8 Å². The minimum absolute atomic E-state index is 0.0117. The van der Waals surface area contributed by atoms with Crippen LogP contribution in [0.2, 0.25) is 5.02 Å². The number of benzene rings is 3. The Morgan fingerprint density at radius 3 is 2.71 bits per heavy atom. The molecule has 0 unspecified atom stereocenters. The topological polar surface area (TPSA) is 75.7 Å². The third-order valence-electron chi connectivity index (χ3n) is 5.55. The summed E-state index contributed by atoms with van der Waals surface area (Å²) in [5, 5.41) is 5.27. The number of anilines is 1. The lowest BCUT2D eigenvalue weighted by Crippen LogP contribution is -2.43. The molecule has 0 spiro atoms. The molecule has 1 fully saturated rings. The Kier molecular flexibility index (Phi) is 6.18. The molecule has 3 aromatic carbocycles. The number of methoxy groups -OCH3 is 1. The number of fused-ring (bicyclic) bond motifs is 1. The van der Waals surface area contributed by atoms with E-state index in [9.17, 15) is 13.2 Å². The lowest BCUT2D eigenvalue weighted by molar-refractivity contribution is -0.120. The molecular weight excluding hydrogens is 436 g/mol. The predicted octanol–water partition coefficient (Wildman–Crippen LogP) is 4.54. The van der Waals surface area contributed by atoms with Crippen LogP contribution < -0.4 is 10.1 Å². The highest BCUT2D eigenvalue weighted by molar-refractivity contribution is 7.89. The molecule has 0 aromatic heterocycles. The van der Waals surface area contributed by atoms with E-state index in [-0.39, 0.29) is 23.1 Å². The first-order chi connectivity index (χ1) is 14.9. The second-order valence-corrected chi connectivity index (χ2v) is 9.86. The summed E-state index contributed by atoms with van der Waals surface area (Å²) in [6.07, 6.45) is 1.21. The summed E-state index contributed by atoms with van der Waals surface area (Å²) in [5.74, 6) is -0.409. The zero-order chi connectivity index (χ0) is 22.0. The summed E-state index contributed by atoms with van der Waals surface area (Å²) >= 11 is 6.03. The van der Waals surface area contributed by atoms with Crippen LogP contribution in [0.5, 0.6) is 5.75 Å². The maximum absolute atomic E-state index is 13.3. The Hall–Kier alpha value is -2.61. The smallest absolute Gasteiger partial charge is 0.246 e. The fraction of sp³-hybridized carbons (Fsp3) is 0.261. The SMILES string of the molecule is COc1ccc(Cl)cc1S(=O)(=O)N1CCC[C@@H](C(=O)Nc2cccc3ccccc23)C1. The molecule has 1 N–H and O–H groups in total. The Bertz CT molecular complexity index is 1220. The summed E-state index contributed by atoms with van der Waals surface area (Å²) in [4.78, 5) is 13.0. The molecule has 1 atom stereocenters. The molecule has 0 bridgehead atoms. The molecule has 6 nitrogen and oxygen atoms in total. The van der Waals surface area contributed by atoms with Crippen molar-refractivity contribution in [3.8, 4) is 5.75 Å². The van der Waals surface area contributed by atoms with Gasteiger partial charge in [0, 0.05) is 29.2 Å². The van der Waals surface area contributed by atoms with Crippen molar-refractivity contribution in [3.05, 3.63) is 65.7 Å². The maximum Gasteiger partial charge on any atom is 0.246 e. The number of halogens is 1. The first kappa shape index (κ1) is 21.6. The summed E-state index contributed by atoms with van der Waals surface area (Å²) in [6, 6.07) is 18.0. The second kappa shape index (κ2) is 8.86. The fourth-order valence-electron chi connectivity index (χ4n) is 3.94. The van der Waals surface area contributed by atoms with Crippen LogP contribution >= 0.6 is 11.6 Å². The quantitative estimate of drug-likeness (QED) is 0.609. The average Bonchev–Trinajstić information content (AvgIpc) is 2.79. The Labute approximate surface area is 186 Å². The van der Waals surface area contributed by atoms with Gasteiger partial charge in [0.1, 0.15) is 10.6 Å². The number of amides is 1. The number of rotatable bonds is 5. The van der Waals surface area contributed by atoms with Gasteiger partial charge in [0.05, 0.1) is 13.0 Å². The second-order valence-electron chi connectivity index (χ2n) is 7.51. The fourth-order valence-corrected chi connectivity index (χ4v) is 5.88. The van der Waals surface area contributed by atoms with Crippen molar-refractivity contribution in [2.45, 2.75) is 17.7 Å². The molecule has 0 aliphatic carbocycles. The standard InChI is InChI=1S/C23H23ClN2O4S/c1-30-21-12-11-18(24)14-22(21)31(28,29)26-13-5-8-17(15-26)23(27)25-20-10-4-7-16-6-2-3-9-19(16)20/h2-4,6-7,9-12,14,17H,5,8,13,15H2,1H3,(H,25,27)/t17-/m1/s1. The van der Waals surface area contributed by atoms with Gasteiger partial charge >= 0.3 is 0 Å². The van der Waals surface area contributed by atoms with Gasteiger partial charge in [-0.25, -0.2) is 8.42 Å². The lowest BCUT2D eigenvalue weighted by Gasteiger charge is -2.31. The lowest BCUT2D eigenvalue weighted by atomic mass is 9.98. The normalized spacial score (nSPS) is 17.4. The third kappa shape index (κ3) is 4.39. The molecular formula is C23H23ClN2O4S. The van der Waals surface area contributed by atoms with Crippen LogP contribution in [0.25, 0.3) is 10.8 Å². The molecule has 1 aliphatic heterocycles. The number of piperidine rings is 1. The Morgan fingerprint density at radius 1 is 1.13 bits per heavy atom. The van der Waals surface area contributed by atoms with Gasteiger partial charge in [0.25, 0.3) is 0 Å². The van der Waals surface area contributed by atoms with E-state index in [1.165, 1.54) is 23.5 Å². The molecule has 31 heavy (non-hydrogen) atoms. The van der Waals surface area contributed by atoms with Gasteiger partial charge in [-0.3, -0.25) is 4.79 Å². The van der Waals surface area contributed by atoms with E-state index < -0.39 is 15.9 Å².